The Hall–Kier alpha value is -1.99. The maximum absolute atomic E-state index is 11.5. The molecule has 0 bridgehead atoms. The molecule has 0 aliphatic heterocycles. The number of carboxylic acid groups (broad SMARTS) is 1. The molecule has 1 amide bonds. The summed E-state index contributed by atoms with van der Waals surface area (Å²) in [5.41, 5.74) is 0. The third-order valence-electron chi connectivity index (χ3n) is 2.67. The van der Waals surface area contributed by atoms with Crippen molar-refractivity contribution in [3.8, 4) is 0 Å². The third-order valence-corrected chi connectivity index (χ3v) is 2.67. The van der Waals surface area contributed by atoms with Gasteiger partial charge in [-0.1, -0.05) is 0 Å². The minimum Gasteiger partial charge on any atom is -0.481 e. The van der Waals surface area contributed by atoms with E-state index in [0.29, 0.717) is 19.3 Å². The van der Waals surface area contributed by atoms with E-state index >= 15 is 0 Å². The van der Waals surface area contributed by atoms with Crippen LogP contribution in [0, 0.1) is 5.92 Å². The lowest BCUT2D eigenvalue weighted by Gasteiger charge is -2.09. The highest BCUT2D eigenvalue weighted by atomic mass is 16.4. The van der Waals surface area contributed by atoms with Crippen LogP contribution in [0.5, 0.6) is 0 Å². The van der Waals surface area contributed by atoms with Gasteiger partial charge in [-0.2, -0.15) is 5.21 Å². The Morgan fingerprint density at radius 2 is 2.25 bits per heavy atom. The smallest absolute Gasteiger partial charge is 0.306 e. The minimum atomic E-state index is -0.809. The summed E-state index contributed by atoms with van der Waals surface area (Å²) in [5.74, 6) is -1.63. The fraction of sp³-hybridized carbons (Fsp3) is 0.625. The molecule has 0 aromatic carbocycles. The Bertz CT molecular complexity index is 390. The molecular formula is C8H11N5O3. The molecule has 3 N–H and O–H groups in total. The number of aliphatic carboxylic acids is 1. The highest BCUT2D eigenvalue weighted by molar-refractivity contribution is 5.90. The number of nitrogens with zero attached hydrogens (tertiary/aromatic N) is 3. The van der Waals surface area contributed by atoms with Gasteiger partial charge in [-0.15, -0.1) is 10.2 Å². The molecule has 8 heteroatoms. The second-order valence-electron chi connectivity index (χ2n) is 3.75. The van der Waals surface area contributed by atoms with Crippen LogP contribution in [0.3, 0.4) is 0 Å². The van der Waals surface area contributed by atoms with Crippen molar-refractivity contribution < 1.29 is 14.7 Å². The van der Waals surface area contributed by atoms with Crippen molar-refractivity contribution in [3.63, 3.8) is 0 Å². The first-order valence-electron chi connectivity index (χ1n) is 4.94. The van der Waals surface area contributed by atoms with Gasteiger partial charge in [0.25, 0.3) is 11.7 Å². The number of aromatic amines is 1. The first-order valence-corrected chi connectivity index (χ1v) is 4.94. The van der Waals surface area contributed by atoms with Crippen molar-refractivity contribution in [1.29, 1.82) is 0 Å². The molecular weight excluding hydrogens is 214 g/mol. The number of hydrogen-bond donors (Lipinski definition) is 3. The van der Waals surface area contributed by atoms with E-state index in [2.05, 4.69) is 25.9 Å². The summed E-state index contributed by atoms with van der Waals surface area (Å²) < 4.78 is 0. The van der Waals surface area contributed by atoms with Gasteiger partial charge in [0.2, 0.25) is 0 Å². The summed E-state index contributed by atoms with van der Waals surface area (Å²) in [4.78, 5) is 22.2. The Morgan fingerprint density at radius 1 is 1.44 bits per heavy atom. The Labute approximate surface area is 90.4 Å². The summed E-state index contributed by atoms with van der Waals surface area (Å²) in [5, 5.41) is 24.0. The molecule has 2 atom stereocenters. The van der Waals surface area contributed by atoms with E-state index in [4.69, 9.17) is 5.11 Å². The number of amides is 1. The van der Waals surface area contributed by atoms with E-state index in [1.807, 2.05) is 0 Å². The quantitative estimate of drug-likeness (QED) is 0.618. The maximum atomic E-state index is 11.5. The number of rotatable bonds is 3. The number of carbonyl (C=O) groups excluding carboxylic acids is 1. The average molecular weight is 225 g/mol. The van der Waals surface area contributed by atoms with E-state index in [9.17, 15) is 9.59 Å². The van der Waals surface area contributed by atoms with Crippen molar-refractivity contribution in [2.45, 2.75) is 25.3 Å². The van der Waals surface area contributed by atoms with Gasteiger partial charge in [0, 0.05) is 6.04 Å². The SMILES string of the molecule is O=C(N[C@@H]1CC[C@@H](C(=O)O)C1)c1nn[nH]n1. The topological polar surface area (TPSA) is 121 Å². The molecule has 2 rings (SSSR count). The Balaban J connectivity index is 1.88. The second-order valence-corrected chi connectivity index (χ2v) is 3.75. The molecule has 1 fully saturated rings. The van der Waals surface area contributed by atoms with Crippen LogP contribution in [0.1, 0.15) is 29.9 Å². The number of tetrazole rings is 1. The number of hydrogen-bond acceptors (Lipinski definition) is 5. The minimum absolute atomic E-state index is 0.0289. The van der Waals surface area contributed by atoms with E-state index in [1.54, 1.807) is 0 Å². The predicted octanol–water partition coefficient (Wildman–Crippen LogP) is -0.817. The molecule has 1 aromatic rings. The number of H-pyrrole nitrogens is 1. The number of aromatic nitrogens is 4. The highest BCUT2D eigenvalue weighted by Crippen LogP contribution is 2.25. The molecule has 16 heavy (non-hydrogen) atoms. The lowest BCUT2D eigenvalue weighted by Crippen LogP contribution is -2.34. The van der Waals surface area contributed by atoms with Gasteiger partial charge in [-0.25, -0.2) is 0 Å². The molecule has 1 aromatic heterocycles. The molecule has 0 spiro atoms. The van der Waals surface area contributed by atoms with Crippen LogP contribution < -0.4 is 5.32 Å². The van der Waals surface area contributed by atoms with Gasteiger partial charge in [0.1, 0.15) is 0 Å². The van der Waals surface area contributed by atoms with Gasteiger partial charge >= 0.3 is 5.97 Å². The van der Waals surface area contributed by atoms with Crippen LogP contribution >= 0.6 is 0 Å². The van der Waals surface area contributed by atoms with Crippen LogP contribution in [0.25, 0.3) is 0 Å². The van der Waals surface area contributed by atoms with Gasteiger partial charge in [0.15, 0.2) is 0 Å². The van der Waals surface area contributed by atoms with Crippen molar-refractivity contribution >= 4 is 11.9 Å². The van der Waals surface area contributed by atoms with E-state index in [1.165, 1.54) is 0 Å². The summed E-state index contributed by atoms with van der Waals surface area (Å²) in [6.07, 6.45) is 1.71. The first-order chi connectivity index (χ1) is 7.66. The summed E-state index contributed by atoms with van der Waals surface area (Å²) in [7, 11) is 0. The third kappa shape index (κ3) is 2.15. The number of carbonyl (C=O) groups is 2. The fourth-order valence-electron chi connectivity index (χ4n) is 1.84. The maximum Gasteiger partial charge on any atom is 0.306 e. The van der Waals surface area contributed by atoms with Crippen molar-refractivity contribution in [2.24, 2.45) is 5.92 Å². The molecule has 0 radical (unpaired) electrons. The standard InChI is InChI=1S/C8H11N5O3/c14-7(6-10-12-13-11-6)9-5-2-1-4(3-5)8(15)16/h4-5H,1-3H2,(H,9,14)(H,15,16)(H,10,11,12,13)/t4-,5-/m1/s1. The van der Waals surface area contributed by atoms with Crippen LogP contribution in [0.2, 0.25) is 0 Å². The lowest BCUT2D eigenvalue weighted by molar-refractivity contribution is -0.141. The van der Waals surface area contributed by atoms with E-state index in [0.717, 1.165) is 0 Å². The van der Waals surface area contributed by atoms with Crippen LogP contribution in [-0.2, 0) is 4.79 Å². The zero-order chi connectivity index (χ0) is 11.5. The Morgan fingerprint density at radius 3 is 2.81 bits per heavy atom. The second kappa shape index (κ2) is 4.25. The summed E-state index contributed by atoms with van der Waals surface area (Å²) >= 11 is 0. The average Bonchev–Trinajstić information content (AvgIpc) is 2.87. The molecule has 8 nitrogen and oxygen atoms in total. The number of nitrogens with one attached hydrogen (secondary N) is 2. The van der Waals surface area contributed by atoms with Gasteiger partial charge in [-0.3, -0.25) is 9.59 Å². The number of carboxylic acids is 1. The van der Waals surface area contributed by atoms with Crippen molar-refractivity contribution in [1.82, 2.24) is 25.9 Å². The fourth-order valence-corrected chi connectivity index (χ4v) is 1.84. The summed E-state index contributed by atoms with van der Waals surface area (Å²) in [6, 6.07) is -0.118. The molecule has 1 aliphatic carbocycles. The zero-order valence-electron chi connectivity index (χ0n) is 8.38. The van der Waals surface area contributed by atoms with Crippen LogP contribution in [-0.4, -0.2) is 43.6 Å². The first kappa shape index (κ1) is 10.5. The van der Waals surface area contributed by atoms with E-state index in [-0.39, 0.29) is 17.8 Å². The monoisotopic (exact) mass is 225 g/mol. The molecule has 0 saturated heterocycles. The normalized spacial score (nSPS) is 24.2. The van der Waals surface area contributed by atoms with Crippen molar-refractivity contribution in [3.05, 3.63) is 5.82 Å². The van der Waals surface area contributed by atoms with E-state index < -0.39 is 11.9 Å². The highest BCUT2D eigenvalue weighted by Gasteiger charge is 2.31. The van der Waals surface area contributed by atoms with Gasteiger partial charge < -0.3 is 10.4 Å². The van der Waals surface area contributed by atoms with Gasteiger partial charge in [-0.05, 0) is 24.5 Å². The predicted molar refractivity (Wildman–Crippen MR) is 50.4 cm³/mol. The molecule has 0 unspecified atom stereocenters. The van der Waals surface area contributed by atoms with Crippen LogP contribution in [0.4, 0.5) is 0 Å². The molecule has 86 valence electrons. The molecule has 1 saturated carbocycles. The summed E-state index contributed by atoms with van der Waals surface area (Å²) in [6.45, 7) is 0. The Kier molecular flexibility index (Phi) is 2.80. The largest absolute Gasteiger partial charge is 0.481 e. The molecule has 1 aliphatic rings. The lowest BCUT2D eigenvalue weighted by atomic mass is 10.1. The molecule has 1 heterocycles. The zero-order valence-corrected chi connectivity index (χ0v) is 8.38. The van der Waals surface area contributed by atoms with Crippen LogP contribution in [0.15, 0.2) is 0 Å². The van der Waals surface area contributed by atoms with Gasteiger partial charge in [0.05, 0.1) is 5.92 Å². The van der Waals surface area contributed by atoms with Crippen molar-refractivity contribution in [2.75, 3.05) is 0 Å².